The number of rotatable bonds is 9. The van der Waals surface area contributed by atoms with Crippen molar-refractivity contribution >= 4 is 21.8 Å². The fraction of sp³-hybridized carbons (Fsp3) is 0.682. The maximum atomic E-state index is 13.1. The number of aryl methyl sites for hydroxylation is 1. The number of amides is 1. The monoisotopic (exact) mass is 436 g/mol. The van der Waals surface area contributed by atoms with Gasteiger partial charge in [-0.1, -0.05) is 22.0 Å². The Morgan fingerprint density at radius 1 is 1.33 bits per heavy atom. The molecule has 1 heterocycles. The number of hydrogen-bond acceptors (Lipinski definition) is 3. The van der Waals surface area contributed by atoms with E-state index in [1.54, 1.807) is 0 Å². The SMILES string of the molecule is CCOCCCc1cc(CN(C(=O)C2CCCNC2)C2CC2)cc(Br)c1C. The zero-order chi connectivity index (χ0) is 19.2. The summed E-state index contributed by atoms with van der Waals surface area (Å²) < 4.78 is 6.64. The molecule has 4 nitrogen and oxygen atoms in total. The highest BCUT2D eigenvalue weighted by atomic mass is 79.9. The van der Waals surface area contributed by atoms with E-state index in [4.69, 9.17) is 4.74 Å². The van der Waals surface area contributed by atoms with Gasteiger partial charge in [-0.05, 0) is 81.7 Å². The zero-order valence-corrected chi connectivity index (χ0v) is 18.3. The third-order valence-corrected chi connectivity index (χ3v) is 6.54. The van der Waals surface area contributed by atoms with Crippen molar-refractivity contribution in [2.24, 2.45) is 5.92 Å². The van der Waals surface area contributed by atoms with E-state index in [-0.39, 0.29) is 5.92 Å². The van der Waals surface area contributed by atoms with Crippen molar-refractivity contribution in [3.63, 3.8) is 0 Å². The molecule has 0 bridgehead atoms. The molecule has 1 aromatic carbocycles. The second-order valence-electron chi connectivity index (χ2n) is 7.90. The van der Waals surface area contributed by atoms with Crippen LogP contribution in [0.1, 0.15) is 55.7 Å². The van der Waals surface area contributed by atoms with Crippen LogP contribution in [0.15, 0.2) is 16.6 Å². The van der Waals surface area contributed by atoms with Gasteiger partial charge in [0.15, 0.2) is 0 Å². The van der Waals surface area contributed by atoms with Crippen molar-refractivity contribution < 1.29 is 9.53 Å². The van der Waals surface area contributed by atoms with Crippen LogP contribution in [0.5, 0.6) is 0 Å². The molecule has 1 N–H and O–H groups in total. The number of nitrogens with zero attached hydrogens (tertiary/aromatic N) is 1. The summed E-state index contributed by atoms with van der Waals surface area (Å²) in [5, 5.41) is 3.39. The molecule has 27 heavy (non-hydrogen) atoms. The lowest BCUT2D eigenvalue weighted by Crippen LogP contribution is -2.43. The Morgan fingerprint density at radius 2 is 2.15 bits per heavy atom. The summed E-state index contributed by atoms with van der Waals surface area (Å²) in [6.45, 7) is 8.40. The molecule has 150 valence electrons. The predicted octanol–water partition coefficient (Wildman–Crippen LogP) is 4.22. The number of ether oxygens (including phenoxy) is 1. The number of benzene rings is 1. The van der Waals surface area contributed by atoms with Crippen LogP contribution in [0.2, 0.25) is 0 Å². The molecular formula is C22H33BrN2O2. The fourth-order valence-corrected chi connectivity index (χ4v) is 4.47. The van der Waals surface area contributed by atoms with E-state index in [1.807, 2.05) is 6.92 Å². The zero-order valence-electron chi connectivity index (χ0n) is 16.7. The number of nitrogens with one attached hydrogen (secondary N) is 1. The molecule has 1 aliphatic heterocycles. The van der Waals surface area contributed by atoms with Gasteiger partial charge in [0.2, 0.25) is 5.91 Å². The van der Waals surface area contributed by atoms with Crippen LogP contribution in [0, 0.1) is 12.8 Å². The van der Waals surface area contributed by atoms with E-state index >= 15 is 0 Å². The maximum absolute atomic E-state index is 13.1. The quantitative estimate of drug-likeness (QED) is 0.589. The van der Waals surface area contributed by atoms with Gasteiger partial charge in [0, 0.05) is 36.8 Å². The van der Waals surface area contributed by atoms with Crippen molar-refractivity contribution in [3.05, 3.63) is 33.3 Å². The van der Waals surface area contributed by atoms with Crippen molar-refractivity contribution in [2.75, 3.05) is 26.3 Å². The maximum Gasteiger partial charge on any atom is 0.227 e. The van der Waals surface area contributed by atoms with Gasteiger partial charge in [-0.3, -0.25) is 4.79 Å². The molecule has 0 spiro atoms. The first-order valence-electron chi connectivity index (χ1n) is 10.5. The summed E-state index contributed by atoms with van der Waals surface area (Å²) in [7, 11) is 0. The summed E-state index contributed by atoms with van der Waals surface area (Å²) in [6.07, 6.45) is 6.48. The number of piperidine rings is 1. The topological polar surface area (TPSA) is 41.6 Å². The predicted molar refractivity (Wildman–Crippen MR) is 113 cm³/mol. The average Bonchev–Trinajstić information content (AvgIpc) is 3.52. The van der Waals surface area contributed by atoms with Crippen LogP contribution in [-0.4, -0.2) is 43.2 Å². The average molecular weight is 437 g/mol. The minimum atomic E-state index is 0.152. The van der Waals surface area contributed by atoms with Gasteiger partial charge in [-0.2, -0.15) is 0 Å². The number of halogens is 1. The summed E-state index contributed by atoms with van der Waals surface area (Å²) >= 11 is 3.73. The van der Waals surface area contributed by atoms with Crippen LogP contribution in [-0.2, 0) is 22.5 Å². The number of carbonyl (C=O) groups excluding carboxylic acids is 1. The van der Waals surface area contributed by atoms with E-state index < -0.39 is 0 Å². The highest BCUT2D eigenvalue weighted by Crippen LogP contribution is 2.32. The second kappa shape index (κ2) is 10.0. The molecule has 1 aromatic rings. The standard InChI is InChI=1S/C22H33BrN2O2/c1-3-27-11-5-7-18-12-17(13-21(23)16(18)2)15-25(20-8-9-20)22(26)19-6-4-10-24-14-19/h12-13,19-20,24H,3-11,14-15H2,1-2H3. The molecule has 0 radical (unpaired) electrons. The van der Waals surface area contributed by atoms with Gasteiger partial charge in [0.1, 0.15) is 0 Å². The molecular weight excluding hydrogens is 404 g/mol. The lowest BCUT2D eigenvalue weighted by Gasteiger charge is -2.30. The van der Waals surface area contributed by atoms with Gasteiger partial charge < -0.3 is 15.0 Å². The number of carbonyl (C=O) groups is 1. The van der Waals surface area contributed by atoms with Crippen LogP contribution >= 0.6 is 15.9 Å². The minimum Gasteiger partial charge on any atom is -0.382 e. The van der Waals surface area contributed by atoms with E-state index in [0.717, 1.165) is 75.8 Å². The van der Waals surface area contributed by atoms with Crippen LogP contribution in [0.4, 0.5) is 0 Å². The Kier molecular flexibility index (Phi) is 7.74. The summed E-state index contributed by atoms with van der Waals surface area (Å²) in [5.74, 6) is 0.498. The Hall–Kier alpha value is -0.910. The van der Waals surface area contributed by atoms with Gasteiger partial charge >= 0.3 is 0 Å². The molecule has 1 aliphatic carbocycles. The first-order valence-corrected chi connectivity index (χ1v) is 11.3. The summed E-state index contributed by atoms with van der Waals surface area (Å²) in [5.41, 5.74) is 3.90. The molecule has 0 aromatic heterocycles. The lowest BCUT2D eigenvalue weighted by molar-refractivity contribution is -0.137. The summed E-state index contributed by atoms with van der Waals surface area (Å²) in [4.78, 5) is 15.3. The van der Waals surface area contributed by atoms with Crippen LogP contribution in [0.25, 0.3) is 0 Å². The molecule has 1 amide bonds. The van der Waals surface area contributed by atoms with Gasteiger partial charge in [0.05, 0.1) is 5.92 Å². The second-order valence-corrected chi connectivity index (χ2v) is 8.76. The largest absolute Gasteiger partial charge is 0.382 e. The highest BCUT2D eigenvalue weighted by molar-refractivity contribution is 9.10. The third kappa shape index (κ3) is 5.78. The minimum absolute atomic E-state index is 0.152. The van der Waals surface area contributed by atoms with Gasteiger partial charge in [0.25, 0.3) is 0 Å². The fourth-order valence-electron chi connectivity index (χ4n) is 3.93. The Labute approximate surface area is 172 Å². The van der Waals surface area contributed by atoms with Crippen molar-refractivity contribution in [2.45, 2.75) is 65.0 Å². The van der Waals surface area contributed by atoms with E-state index in [2.05, 4.69) is 45.2 Å². The van der Waals surface area contributed by atoms with E-state index in [9.17, 15) is 4.79 Å². The van der Waals surface area contributed by atoms with Gasteiger partial charge in [-0.15, -0.1) is 0 Å². The normalized spacial score (nSPS) is 19.9. The Morgan fingerprint density at radius 3 is 2.81 bits per heavy atom. The molecule has 3 rings (SSSR count). The molecule has 5 heteroatoms. The third-order valence-electron chi connectivity index (χ3n) is 5.72. The molecule has 1 saturated carbocycles. The van der Waals surface area contributed by atoms with Crippen LogP contribution < -0.4 is 5.32 Å². The van der Waals surface area contributed by atoms with Crippen molar-refractivity contribution in [1.82, 2.24) is 10.2 Å². The first-order chi connectivity index (χ1) is 13.1. The molecule has 1 unspecified atom stereocenters. The Balaban J connectivity index is 1.69. The molecule has 1 saturated heterocycles. The van der Waals surface area contributed by atoms with Crippen molar-refractivity contribution in [1.29, 1.82) is 0 Å². The molecule has 2 fully saturated rings. The number of hydrogen-bond donors (Lipinski definition) is 1. The van der Waals surface area contributed by atoms with Gasteiger partial charge in [-0.25, -0.2) is 0 Å². The smallest absolute Gasteiger partial charge is 0.227 e. The van der Waals surface area contributed by atoms with Crippen LogP contribution in [0.3, 0.4) is 0 Å². The summed E-state index contributed by atoms with van der Waals surface area (Å²) in [6, 6.07) is 4.94. The van der Waals surface area contributed by atoms with E-state index in [0.29, 0.717) is 11.9 Å². The highest BCUT2D eigenvalue weighted by Gasteiger charge is 2.36. The molecule has 2 aliphatic rings. The van der Waals surface area contributed by atoms with Crippen molar-refractivity contribution in [3.8, 4) is 0 Å². The first kappa shape index (κ1) is 20.8. The lowest BCUT2D eigenvalue weighted by atomic mass is 9.97. The molecule has 1 atom stereocenters. The Bertz CT molecular complexity index is 639. The van der Waals surface area contributed by atoms with E-state index in [1.165, 1.54) is 16.7 Å².